The van der Waals surface area contributed by atoms with Crippen LogP contribution < -0.4 is 10.6 Å². The van der Waals surface area contributed by atoms with Gasteiger partial charge in [0.2, 0.25) is 0 Å². The third-order valence-corrected chi connectivity index (χ3v) is 1.88. The largest absolute Gasteiger partial charge is 0.347 e. The molecule has 2 amide bonds. The van der Waals surface area contributed by atoms with E-state index in [2.05, 4.69) is 20.6 Å². The normalized spacial score (nSPS) is 15.4. The van der Waals surface area contributed by atoms with Gasteiger partial charge in [-0.2, -0.15) is 0 Å². The zero-order valence-corrected chi connectivity index (χ0v) is 7.21. The first kappa shape index (κ1) is 8.10. The van der Waals surface area contributed by atoms with Gasteiger partial charge in [0.05, 0.1) is 6.54 Å². The summed E-state index contributed by atoms with van der Waals surface area (Å²) in [7, 11) is 0. The number of H-pyrrole nitrogens is 1. The molecule has 1 heterocycles. The molecule has 1 aliphatic carbocycles. The Morgan fingerprint density at radius 2 is 2.54 bits per heavy atom. The van der Waals surface area contributed by atoms with Crippen molar-refractivity contribution in [2.24, 2.45) is 0 Å². The molecule has 0 saturated heterocycles. The van der Waals surface area contributed by atoms with E-state index in [0.29, 0.717) is 12.6 Å². The molecule has 5 nitrogen and oxygen atoms in total. The summed E-state index contributed by atoms with van der Waals surface area (Å²) in [6.45, 7) is 0.450. The van der Waals surface area contributed by atoms with Gasteiger partial charge in [0.1, 0.15) is 5.82 Å². The molecule has 0 radical (unpaired) electrons. The fourth-order valence-electron chi connectivity index (χ4n) is 1.02. The van der Waals surface area contributed by atoms with E-state index in [1.54, 1.807) is 12.4 Å². The van der Waals surface area contributed by atoms with Gasteiger partial charge in [-0.1, -0.05) is 0 Å². The highest BCUT2D eigenvalue weighted by molar-refractivity contribution is 5.74. The SMILES string of the molecule is O=C(NCc1ncc[nH]1)NC1CC1. The van der Waals surface area contributed by atoms with Crippen LogP contribution in [0.2, 0.25) is 0 Å². The molecule has 0 aromatic carbocycles. The van der Waals surface area contributed by atoms with Crippen molar-refractivity contribution in [3.63, 3.8) is 0 Å². The highest BCUT2D eigenvalue weighted by Crippen LogP contribution is 2.18. The predicted molar refractivity (Wildman–Crippen MR) is 47.0 cm³/mol. The van der Waals surface area contributed by atoms with E-state index >= 15 is 0 Å². The van der Waals surface area contributed by atoms with Gasteiger partial charge in [-0.05, 0) is 12.8 Å². The molecule has 1 saturated carbocycles. The average Bonchev–Trinajstić information content (AvgIpc) is 2.78. The zero-order valence-electron chi connectivity index (χ0n) is 7.21. The third-order valence-electron chi connectivity index (χ3n) is 1.88. The lowest BCUT2D eigenvalue weighted by atomic mass is 10.6. The lowest BCUT2D eigenvalue weighted by Gasteiger charge is -2.03. The van der Waals surface area contributed by atoms with Crippen LogP contribution in [-0.2, 0) is 6.54 Å². The first-order valence-electron chi connectivity index (χ1n) is 4.37. The van der Waals surface area contributed by atoms with Gasteiger partial charge < -0.3 is 15.6 Å². The number of aromatic nitrogens is 2. The van der Waals surface area contributed by atoms with Crippen LogP contribution in [0, 0.1) is 0 Å². The summed E-state index contributed by atoms with van der Waals surface area (Å²) in [5.41, 5.74) is 0. The fourth-order valence-corrected chi connectivity index (χ4v) is 1.02. The lowest BCUT2D eigenvalue weighted by Crippen LogP contribution is -2.36. The van der Waals surface area contributed by atoms with Crippen LogP contribution in [-0.4, -0.2) is 22.0 Å². The summed E-state index contributed by atoms with van der Waals surface area (Å²) in [6.07, 6.45) is 5.61. The lowest BCUT2D eigenvalue weighted by molar-refractivity contribution is 0.240. The van der Waals surface area contributed by atoms with Crippen molar-refractivity contribution in [2.75, 3.05) is 0 Å². The van der Waals surface area contributed by atoms with E-state index in [4.69, 9.17) is 0 Å². The van der Waals surface area contributed by atoms with Crippen molar-refractivity contribution in [1.29, 1.82) is 0 Å². The summed E-state index contributed by atoms with van der Waals surface area (Å²) in [5, 5.41) is 5.54. The van der Waals surface area contributed by atoms with E-state index < -0.39 is 0 Å². The van der Waals surface area contributed by atoms with E-state index in [0.717, 1.165) is 18.7 Å². The number of rotatable bonds is 3. The number of aromatic amines is 1. The molecule has 1 aliphatic rings. The van der Waals surface area contributed by atoms with E-state index in [1.165, 1.54) is 0 Å². The van der Waals surface area contributed by atoms with E-state index in [-0.39, 0.29) is 6.03 Å². The quantitative estimate of drug-likeness (QED) is 0.629. The van der Waals surface area contributed by atoms with Gasteiger partial charge in [-0.15, -0.1) is 0 Å². The Balaban J connectivity index is 1.69. The predicted octanol–water partition coefficient (Wildman–Crippen LogP) is 0.371. The maximum Gasteiger partial charge on any atom is 0.315 e. The number of carbonyl (C=O) groups excluding carboxylic acids is 1. The Kier molecular flexibility index (Phi) is 2.16. The van der Waals surface area contributed by atoms with E-state index in [1.807, 2.05) is 0 Å². The molecule has 13 heavy (non-hydrogen) atoms. The molecule has 2 rings (SSSR count). The van der Waals surface area contributed by atoms with Gasteiger partial charge in [-0.25, -0.2) is 9.78 Å². The van der Waals surface area contributed by atoms with Crippen molar-refractivity contribution >= 4 is 6.03 Å². The highest BCUT2D eigenvalue weighted by Gasteiger charge is 2.22. The third kappa shape index (κ3) is 2.47. The highest BCUT2D eigenvalue weighted by atomic mass is 16.2. The molecule has 1 fully saturated rings. The molecule has 0 unspecified atom stereocenters. The number of hydrogen-bond acceptors (Lipinski definition) is 2. The van der Waals surface area contributed by atoms with Crippen LogP contribution in [0.5, 0.6) is 0 Å². The zero-order chi connectivity index (χ0) is 9.10. The van der Waals surface area contributed by atoms with Gasteiger partial charge >= 0.3 is 6.03 Å². The fraction of sp³-hybridized carbons (Fsp3) is 0.500. The standard InChI is InChI=1S/C8H12N4O/c13-8(12-6-1-2-6)11-5-7-9-3-4-10-7/h3-4,6H,1-2,5H2,(H,9,10)(H2,11,12,13). The second kappa shape index (κ2) is 3.47. The van der Waals surface area contributed by atoms with Crippen molar-refractivity contribution in [3.8, 4) is 0 Å². The van der Waals surface area contributed by atoms with Gasteiger partial charge in [0, 0.05) is 18.4 Å². The Labute approximate surface area is 75.9 Å². The van der Waals surface area contributed by atoms with Crippen molar-refractivity contribution < 1.29 is 4.79 Å². The molecule has 3 N–H and O–H groups in total. The van der Waals surface area contributed by atoms with Crippen molar-refractivity contribution in [2.45, 2.75) is 25.4 Å². The van der Waals surface area contributed by atoms with Gasteiger partial charge in [0.25, 0.3) is 0 Å². The van der Waals surface area contributed by atoms with Crippen LogP contribution in [0.25, 0.3) is 0 Å². The smallest absolute Gasteiger partial charge is 0.315 e. The molecule has 1 aromatic heterocycles. The van der Waals surface area contributed by atoms with Crippen LogP contribution >= 0.6 is 0 Å². The summed E-state index contributed by atoms with van der Waals surface area (Å²) < 4.78 is 0. The maximum absolute atomic E-state index is 11.1. The maximum atomic E-state index is 11.1. The van der Waals surface area contributed by atoms with Crippen LogP contribution in [0.4, 0.5) is 4.79 Å². The van der Waals surface area contributed by atoms with Crippen molar-refractivity contribution in [3.05, 3.63) is 18.2 Å². The minimum absolute atomic E-state index is 0.112. The molecule has 0 aliphatic heterocycles. The molecule has 5 heteroatoms. The molecule has 0 spiro atoms. The topological polar surface area (TPSA) is 69.8 Å². The van der Waals surface area contributed by atoms with Gasteiger partial charge in [0.15, 0.2) is 0 Å². The molecule has 70 valence electrons. The number of nitrogens with zero attached hydrogens (tertiary/aromatic N) is 1. The van der Waals surface area contributed by atoms with Crippen LogP contribution in [0.3, 0.4) is 0 Å². The number of carbonyl (C=O) groups is 1. The first-order chi connectivity index (χ1) is 6.34. The molecular weight excluding hydrogens is 168 g/mol. The number of urea groups is 1. The Morgan fingerprint density at radius 1 is 1.69 bits per heavy atom. The molecular formula is C8H12N4O. The number of nitrogens with one attached hydrogen (secondary N) is 3. The van der Waals surface area contributed by atoms with Crippen LogP contribution in [0.1, 0.15) is 18.7 Å². The minimum Gasteiger partial charge on any atom is -0.347 e. The van der Waals surface area contributed by atoms with Gasteiger partial charge in [-0.3, -0.25) is 0 Å². The average molecular weight is 180 g/mol. The minimum atomic E-state index is -0.112. The summed E-state index contributed by atoms with van der Waals surface area (Å²) in [4.78, 5) is 18.0. The van der Waals surface area contributed by atoms with Crippen molar-refractivity contribution in [1.82, 2.24) is 20.6 Å². The molecule has 0 bridgehead atoms. The Bertz CT molecular complexity index is 278. The number of imidazole rings is 1. The van der Waals surface area contributed by atoms with E-state index in [9.17, 15) is 4.79 Å². The Morgan fingerprint density at radius 3 is 3.15 bits per heavy atom. The second-order valence-electron chi connectivity index (χ2n) is 3.14. The first-order valence-corrected chi connectivity index (χ1v) is 4.37. The molecule has 0 atom stereocenters. The Hall–Kier alpha value is -1.52. The second-order valence-corrected chi connectivity index (χ2v) is 3.14. The summed E-state index contributed by atoms with van der Waals surface area (Å²) in [6, 6.07) is 0.288. The monoisotopic (exact) mass is 180 g/mol. The van der Waals surface area contributed by atoms with Crippen LogP contribution in [0.15, 0.2) is 12.4 Å². The number of hydrogen-bond donors (Lipinski definition) is 3. The summed E-state index contributed by atoms with van der Waals surface area (Å²) >= 11 is 0. The summed E-state index contributed by atoms with van der Waals surface area (Å²) in [5.74, 6) is 0.769. The number of amides is 2. The molecule has 1 aromatic rings.